The molecule has 1 aromatic heterocycles. The number of anilines is 1. The number of aromatic nitrogens is 2. The van der Waals surface area contributed by atoms with Crippen molar-refractivity contribution in [1.82, 2.24) is 15.3 Å². The van der Waals surface area contributed by atoms with Crippen molar-refractivity contribution in [2.75, 3.05) is 4.90 Å². The molecule has 1 fully saturated rings. The fraction of sp³-hybridized carbons (Fsp3) is 0.280. The third-order valence-electron chi connectivity index (χ3n) is 5.73. The van der Waals surface area contributed by atoms with Gasteiger partial charge in [0.1, 0.15) is 23.4 Å². The molecule has 0 aliphatic heterocycles. The van der Waals surface area contributed by atoms with E-state index in [0.717, 1.165) is 32.1 Å². The third kappa shape index (κ3) is 5.39. The molecule has 2 aromatic carbocycles. The molecule has 1 unspecified atom stereocenters. The van der Waals surface area contributed by atoms with Gasteiger partial charge in [0.15, 0.2) is 0 Å². The van der Waals surface area contributed by atoms with Gasteiger partial charge in [-0.2, -0.15) is 0 Å². The van der Waals surface area contributed by atoms with Crippen LogP contribution in [0.15, 0.2) is 67.1 Å². The molecule has 1 saturated carbocycles. The quantitative estimate of drug-likeness (QED) is 0.596. The standard InChI is InChI=1S/C25H24F2N4O2/c26-18-11-9-17(10-12-18)23(24(32)30-20-6-2-1-3-7-20)31(21-8-4-5-19(27)15-21)25(33)22-16-28-13-14-29-22/h4-5,8-16,20,23H,1-3,6-7H2,(H,30,32). The minimum Gasteiger partial charge on any atom is -0.351 e. The Kier molecular flexibility index (Phi) is 7.02. The Hall–Kier alpha value is -3.68. The highest BCUT2D eigenvalue weighted by atomic mass is 19.1. The Morgan fingerprint density at radius 2 is 1.73 bits per heavy atom. The summed E-state index contributed by atoms with van der Waals surface area (Å²) in [6, 6.07) is 9.62. The molecule has 0 radical (unpaired) electrons. The van der Waals surface area contributed by atoms with Crippen molar-refractivity contribution >= 4 is 17.5 Å². The van der Waals surface area contributed by atoms with Crippen molar-refractivity contribution in [2.24, 2.45) is 0 Å². The monoisotopic (exact) mass is 450 g/mol. The number of hydrogen-bond donors (Lipinski definition) is 1. The lowest BCUT2D eigenvalue weighted by molar-refractivity contribution is -0.123. The topological polar surface area (TPSA) is 75.2 Å². The SMILES string of the molecule is O=C(NC1CCCCC1)C(c1ccc(F)cc1)N(C(=O)c1cnccn1)c1cccc(F)c1. The molecular formula is C25H24F2N4O2. The first-order valence-electron chi connectivity index (χ1n) is 10.9. The largest absolute Gasteiger partial charge is 0.351 e. The Morgan fingerprint density at radius 1 is 0.970 bits per heavy atom. The van der Waals surface area contributed by atoms with Crippen LogP contribution in [0.2, 0.25) is 0 Å². The van der Waals surface area contributed by atoms with Gasteiger partial charge in [0.2, 0.25) is 5.91 Å². The predicted molar refractivity (Wildman–Crippen MR) is 119 cm³/mol. The van der Waals surface area contributed by atoms with Gasteiger partial charge in [-0.1, -0.05) is 37.5 Å². The van der Waals surface area contributed by atoms with E-state index in [2.05, 4.69) is 15.3 Å². The zero-order valence-corrected chi connectivity index (χ0v) is 18.0. The van der Waals surface area contributed by atoms with Gasteiger partial charge in [0, 0.05) is 24.1 Å². The number of rotatable bonds is 6. The maximum Gasteiger partial charge on any atom is 0.279 e. The van der Waals surface area contributed by atoms with E-state index in [4.69, 9.17) is 0 Å². The lowest BCUT2D eigenvalue weighted by Crippen LogP contribution is -2.47. The average Bonchev–Trinajstić information content (AvgIpc) is 2.84. The zero-order chi connectivity index (χ0) is 23.2. The van der Waals surface area contributed by atoms with E-state index >= 15 is 0 Å². The van der Waals surface area contributed by atoms with Crippen molar-refractivity contribution in [3.8, 4) is 0 Å². The lowest BCUT2D eigenvalue weighted by atomic mass is 9.94. The van der Waals surface area contributed by atoms with E-state index in [1.54, 1.807) is 6.07 Å². The molecule has 0 saturated heterocycles. The van der Waals surface area contributed by atoms with Crippen LogP contribution < -0.4 is 10.2 Å². The van der Waals surface area contributed by atoms with Gasteiger partial charge in [-0.25, -0.2) is 13.8 Å². The molecule has 3 aromatic rings. The number of hydrogen-bond acceptors (Lipinski definition) is 4. The van der Waals surface area contributed by atoms with E-state index in [1.807, 2.05) is 0 Å². The van der Waals surface area contributed by atoms with Crippen molar-refractivity contribution < 1.29 is 18.4 Å². The molecule has 170 valence electrons. The summed E-state index contributed by atoms with van der Waals surface area (Å²) in [5, 5.41) is 3.05. The van der Waals surface area contributed by atoms with Crippen molar-refractivity contribution in [1.29, 1.82) is 0 Å². The predicted octanol–water partition coefficient (Wildman–Crippen LogP) is 4.59. The summed E-state index contributed by atoms with van der Waals surface area (Å²) < 4.78 is 27.8. The molecule has 0 bridgehead atoms. The molecule has 1 N–H and O–H groups in total. The summed E-state index contributed by atoms with van der Waals surface area (Å²) in [7, 11) is 0. The van der Waals surface area contributed by atoms with Crippen LogP contribution in [0.4, 0.5) is 14.5 Å². The van der Waals surface area contributed by atoms with Crippen LogP contribution in [0.5, 0.6) is 0 Å². The maximum atomic E-state index is 14.2. The van der Waals surface area contributed by atoms with Crippen LogP contribution in [0.3, 0.4) is 0 Å². The number of halogens is 2. The van der Waals surface area contributed by atoms with Crippen molar-refractivity contribution in [3.63, 3.8) is 0 Å². The second-order valence-corrected chi connectivity index (χ2v) is 8.04. The van der Waals surface area contributed by atoms with Crippen LogP contribution in [-0.2, 0) is 4.79 Å². The van der Waals surface area contributed by atoms with E-state index in [1.165, 1.54) is 66.0 Å². The van der Waals surface area contributed by atoms with Crippen LogP contribution in [0.1, 0.15) is 54.2 Å². The first kappa shape index (κ1) is 22.5. The van der Waals surface area contributed by atoms with Gasteiger partial charge in [-0.15, -0.1) is 0 Å². The Balaban J connectivity index is 1.80. The van der Waals surface area contributed by atoms with Crippen molar-refractivity contribution in [2.45, 2.75) is 44.2 Å². The van der Waals surface area contributed by atoms with E-state index in [-0.39, 0.29) is 17.4 Å². The highest BCUT2D eigenvalue weighted by Crippen LogP contribution is 2.31. The molecule has 4 rings (SSSR count). The summed E-state index contributed by atoms with van der Waals surface area (Å²) in [6.45, 7) is 0. The molecule has 33 heavy (non-hydrogen) atoms. The highest BCUT2D eigenvalue weighted by molar-refractivity contribution is 6.09. The number of nitrogens with one attached hydrogen (secondary N) is 1. The average molecular weight is 450 g/mol. The van der Waals surface area contributed by atoms with E-state index in [0.29, 0.717) is 5.56 Å². The van der Waals surface area contributed by atoms with Crippen LogP contribution >= 0.6 is 0 Å². The second-order valence-electron chi connectivity index (χ2n) is 8.04. The molecule has 1 aliphatic rings. The second kappa shape index (κ2) is 10.3. The van der Waals surface area contributed by atoms with E-state index < -0.39 is 29.5 Å². The Labute approximate surface area is 190 Å². The summed E-state index contributed by atoms with van der Waals surface area (Å²) in [6.07, 6.45) is 8.92. The first-order valence-corrected chi connectivity index (χ1v) is 10.9. The number of carbonyl (C=O) groups excluding carboxylic acids is 2. The summed E-state index contributed by atoms with van der Waals surface area (Å²) in [5.74, 6) is -2.07. The van der Waals surface area contributed by atoms with Crippen LogP contribution in [-0.4, -0.2) is 27.8 Å². The lowest BCUT2D eigenvalue weighted by Gasteiger charge is -2.33. The molecule has 1 heterocycles. The van der Waals surface area contributed by atoms with Gasteiger partial charge in [0.25, 0.3) is 5.91 Å². The van der Waals surface area contributed by atoms with Gasteiger partial charge >= 0.3 is 0 Å². The fourth-order valence-electron chi connectivity index (χ4n) is 4.13. The molecular weight excluding hydrogens is 426 g/mol. The maximum absolute atomic E-state index is 14.2. The van der Waals surface area contributed by atoms with Gasteiger partial charge in [0.05, 0.1) is 6.20 Å². The fourth-order valence-corrected chi connectivity index (χ4v) is 4.13. The molecule has 0 spiro atoms. The minimum atomic E-state index is -1.16. The first-order chi connectivity index (χ1) is 16.0. The highest BCUT2D eigenvalue weighted by Gasteiger charge is 2.35. The molecule has 1 aliphatic carbocycles. The van der Waals surface area contributed by atoms with Gasteiger partial charge < -0.3 is 5.32 Å². The number of nitrogens with zero attached hydrogens (tertiary/aromatic N) is 3. The third-order valence-corrected chi connectivity index (χ3v) is 5.73. The minimum absolute atomic E-state index is 0.000612. The summed E-state index contributed by atoms with van der Waals surface area (Å²) >= 11 is 0. The Bertz CT molecular complexity index is 1100. The normalized spacial score (nSPS) is 15.0. The number of amides is 2. The van der Waals surface area contributed by atoms with Gasteiger partial charge in [-0.05, 0) is 48.7 Å². The van der Waals surface area contributed by atoms with Gasteiger partial charge in [-0.3, -0.25) is 19.5 Å². The molecule has 8 heteroatoms. The summed E-state index contributed by atoms with van der Waals surface area (Å²) in [5.41, 5.74) is 0.573. The molecule has 1 atom stereocenters. The van der Waals surface area contributed by atoms with Crippen LogP contribution in [0.25, 0.3) is 0 Å². The summed E-state index contributed by atoms with van der Waals surface area (Å²) in [4.78, 5) is 36.4. The number of benzene rings is 2. The van der Waals surface area contributed by atoms with Crippen LogP contribution in [0, 0.1) is 11.6 Å². The smallest absolute Gasteiger partial charge is 0.279 e. The van der Waals surface area contributed by atoms with Crippen molar-refractivity contribution in [3.05, 3.63) is 90.0 Å². The Morgan fingerprint density at radius 3 is 2.39 bits per heavy atom. The van der Waals surface area contributed by atoms with E-state index in [9.17, 15) is 18.4 Å². The zero-order valence-electron chi connectivity index (χ0n) is 18.0. The number of carbonyl (C=O) groups is 2. The molecule has 6 nitrogen and oxygen atoms in total. The molecule has 2 amide bonds.